The third-order valence-electron chi connectivity index (χ3n) is 3.36. The number of allylic oxidation sites excluding steroid dienone is 1. The van der Waals surface area contributed by atoms with E-state index in [-0.39, 0.29) is 6.04 Å². The molecule has 2 atom stereocenters. The van der Waals surface area contributed by atoms with Gasteiger partial charge in [-0.1, -0.05) is 36.4 Å². The number of ether oxygens (including phenoxy) is 1. The Kier molecular flexibility index (Phi) is 2.56. The third kappa shape index (κ3) is 1.91. The Morgan fingerprint density at radius 3 is 2.82 bits per heavy atom. The molecule has 1 aromatic carbocycles. The van der Waals surface area contributed by atoms with Crippen molar-refractivity contribution in [1.29, 1.82) is 0 Å². The number of hydrogen-bond acceptors (Lipinski definition) is 2. The molecule has 2 aliphatic rings. The fraction of sp³-hybridized carbons (Fsp3) is 0.267. The van der Waals surface area contributed by atoms with E-state index in [0.717, 1.165) is 12.2 Å². The summed E-state index contributed by atoms with van der Waals surface area (Å²) < 4.78 is 5.25. The topological polar surface area (TPSA) is 21.6 Å². The SMILES string of the molecule is COC1=C[C@H]2N=C(c3ccccc3)C[C@H]2C=C1. The van der Waals surface area contributed by atoms with Gasteiger partial charge in [0.2, 0.25) is 0 Å². The van der Waals surface area contributed by atoms with Crippen LogP contribution in [-0.4, -0.2) is 18.9 Å². The maximum absolute atomic E-state index is 5.25. The Morgan fingerprint density at radius 1 is 1.24 bits per heavy atom. The quantitative estimate of drug-likeness (QED) is 0.758. The molecule has 1 aliphatic carbocycles. The van der Waals surface area contributed by atoms with Crippen LogP contribution in [0.1, 0.15) is 12.0 Å². The molecule has 0 amide bonds. The molecule has 3 rings (SSSR count). The predicted octanol–water partition coefficient (Wildman–Crippen LogP) is 2.96. The number of fused-ring (bicyclic) bond motifs is 1. The molecule has 0 aromatic heterocycles. The highest BCUT2D eigenvalue weighted by Gasteiger charge is 2.28. The average molecular weight is 225 g/mol. The second-order valence-electron chi connectivity index (χ2n) is 4.43. The molecule has 0 saturated heterocycles. The second-order valence-corrected chi connectivity index (χ2v) is 4.43. The molecule has 0 saturated carbocycles. The van der Waals surface area contributed by atoms with Gasteiger partial charge in [-0.3, -0.25) is 4.99 Å². The first-order valence-corrected chi connectivity index (χ1v) is 5.93. The maximum atomic E-state index is 5.25. The smallest absolute Gasteiger partial charge is 0.116 e. The van der Waals surface area contributed by atoms with Gasteiger partial charge < -0.3 is 4.74 Å². The summed E-state index contributed by atoms with van der Waals surface area (Å²) in [4.78, 5) is 4.79. The van der Waals surface area contributed by atoms with Gasteiger partial charge in [0.15, 0.2) is 0 Å². The normalized spacial score (nSPS) is 26.2. The first kappa shape index (κ1) is 10.3. The first-order valence-electron chi connectivity index (χ1n) is 5.93. The molecule has 0 bridgehead atoms. The van der Waals surface area contributed by atoms with Gasteiger partial charge in [0, 0.05) is 11.6 Å². The number of aliphatic imine (C=N–C) groups is 1. The fourth-order valence-corrected chi connectivity index (χ4v) is 2.42. The minimum absolute atomic E-state index is 0.255. The van der Waals surface area contributed by atoms with Crippen LogP contribution in [0.5, 0.6) is 0 Å². The number of nitrogens with zero attached hydrogens (tertiary/aromatic N) is 1. The molecule has 0 fully saturated rings. The average Bonchev–Trinajstić information content (AvgIpc) is 2.82. The Labute approximate surface area is 101 Å². The van der Waals surface area contributed by atoms with Crippen molar-refractivity contribution < 1.29 is 4.74 Å². The van der Waals surface area contributed by atoms with E-state index in [4.69, 9.17) is 9.73 Å². The standard InChI is InChI=1S/C15H15NO/c1-17-13-8-7-12-9-14(16-15(12)10-13)11-5-3-2-4-6-11/h2-8,10,12,15H,9H2,1H3/t12-,15-/m1/s1. The molecule has 0 spiro atoms. The van der Waals surface area contributed by atoms with Crippen LogP contribution in [0.4, 0.5) is 0 Å². The lowest BCUT2D eigenvalue weighted by atomic mass is 9.92. The van der Waals surface area contributed by atoms with Crippen molar-refractivity contribution in [3.8, 4) is 0 Å². The summed E-state index contributed by atoms with van der Waals surface area (Å²) in [5.74, 6) is 1.42. The van der Waals surface area contributed by atoms with Gasteiger partial charge in [0.1, 0.15) is 5.76 Å². The van der Waals surface area contributed by atoms with E-state index in [9.17, 15) is 0 Å². The summed E-state index contributed by atoms with van der Waals surface area (Å²) in [6, 6.07) is 10.7. The van der Waals surface area contributed by atoms with Crippen molar-refractivity contribution in [2.75, 3.05) is 7.11 Å². The van der Waals surface area contributed by atoms with Crippen LogP contribution < -0.4 is 0 Å². The van der Waals surface area contributed by atoms with Gasteiger partial charge in [-0.25, -0.2) is 0 Å². The van der Waals surface area contributed by atoms with E-state index < -0.39 is 0 Å². The van der Waals surface area contributed by atoms with Gasteiger partial charge in [-0.2, -0.15) is 0 Å². The molecule has 0 unspecified atom stereocenters. The number of hydrogen-bond donors (Lipinski definition) is 0. The molecule has 86 valence electrons. The molecule has 2 heteroatoms. The lowest BCUT2D eigenvalue weighted by molar-refractivity contribution is 0.300. The first-order chi connectivity index (χ1) is 8.36. The summed E-state index contributed by atoms with van der Waals surface area (Å²) in [7, 11) is 1.70. The van der Waals surface area contributed by atoms with E-state index in [1.807, 2.05) is 12.1 Å². The molecule has 1 aromatic rings. The zero-order valence-corrected chi connectivity index (χ0v) is 9.84. The van der Waals surface area contributed by atoms with E-state index in [0.29, 0.717) is 5.92 Å². The molecular formula is C15H15NO. The summed E-state index contributed by atoms with van der Waals surface area (Å²) >= 11 is 0. The van der Waals surface area contributed by atoms with E-state index in [1.54, 1.807) is 7.11 Å². The monoisotopic (exact) mass is 225 g/mol. The van der Waals surface area contributed by atoms with E-state index >= 15 is 0 Å². The molecule has 2 nitrogen and oxygen atoms in total. The van der Waals surface area contributed by atoms with Gasteiger partial charge in [0.25, 0.3) is 0 Å². The van der Waals surface area contributed by atoms with Crippen LogP contribution in [0.2, 0.25) is 0 Å². The van der Waals surface area contributed by atoms with Gasteiger partial charge >= 0.3 is 0 Å². The second kappa shape index (κ2) is 4.21. The lowest BCUT2D eigenvalue weighted by Crippen LogP contribution is -2.13. The Balaban J connectivity index is 1.88. The fourth-order valence-electron chi connectivity index (χ4n) is 2.42. The van der Waals surface area contributed by atoms with Crippen LogP contribution >= 0.6 is 0 Å². The molecule has 0 radical (unpaired) electrons. The number of methoxy groups -OCH3 is 1. The Bertz CT molecular complexity index is 499. The molecule has 1 aliphatic heterocycles. The number of rotatable bonds is 2. The Morgan fingerprint density at radius 2 is 2.06 bits per heavy atom. The van der Waals surface area contributed by atoms with Crippen molar-refractivity contribution in [3.05, 3.63) is 59.9 Å². The maximum Gasteiger partial charge on any atom is 0.116 e. The van der Waals surface area contributed by atoms with Gasteiger partial charge in [-0.05, 0) is 24.1 Å². The molecule has 1 heterocycles. The van der Waals surface area contributed by atoms with Crippen molar-refractivity contribution in [2.45, 2.75) is 12.5 Å². The van der Waals surface area contributed by atoms with E-state index in [2.05, 4.69) is 36.4 Å². The highest BCUT2D eigenvalue weighted by Crippen LogP contribution is 2.30. The summed E-state index contributed by atoms with van der Waals surface area (Å²) in [5, 5.41) is 0. The Hall–Kier alpha value is -1.83. The highest BCUT2D eigenvalue weighted by molar-refractivity contribution is 6.02. The van der Waals surface area contributed by atoms with Crippen LogP contribution in [0, 0.1) is 5.92 Å². The summed E-state index contributed by atoms with van der Waals surface area (Å²) in [5.41, 5.74) is 2.45. The van der Waals surface area contributed by atoms with Crippen LogP contribution in [-0.2, 0) is 4.74 Å². The highest BCUT2D eigenvalue weighted by atomic mass is 16.5. The van der Waals surface area contributed by atoms with Gasteiger partial charge in [-0.15, -0.1) is 0 Å². The largest absolute Gasteiger partial charge is 0.497 e. The van der Waals surface area contributed by atoms with Crippen molar-refractivity contribution in [3.63, 3.8) is 0 Å². The lowest BCUT2D eigenvalue weighted by Gasteiger charge is -2.15. The summed E-state index contributed by atoms with van der Waals surface area (Å²) in [6.07, 6.45) is 7.40. The van der Waals surface area contributed by atoms with E-state index in [1.165, 1.54) is 11.3 Å². The van der Waals surface area contributed by atoms with Crippen LogP contribution in [0.25, 0.3) is 0 Å². The third-order valence-corrected chi connectivity index (χ3v) is 3.36. The van der Waals surface area contributed by atoms with Crippen LogP contribution in [0.3, 0.4) is 0 Å². The molecule has 0 N–H and O–H groups in total. The molecular weight excluding hydrogens is 210 g/mol. The summed E-state index contributed by atoms with van der Waals surface area (Å²) in [6.45, 7) is 0. The molecule has 17 heavy (non-hydrogen) atoms. The zero-order chi connectivity index (χ0) is 11.7. The minimum Gasteiger partial charge on any atom is -0.497 e. The van der Waals surface area contributed by atoms with Gasteiger partial charge in [0.05, 0.1) is 13.2 Å². The van der Waals surface area contributed by atoms with Crippen molar-refractivity contribution in [1.82, 2.24) is 0 Å². The zero-order valence-electron chi connectivity index (χ0n) is 9.84. The predicted molar refractivity (Wildman–Crippen MR) is 69.1 cm³/mol. The van der Waals surface area contributed by atoms with Crippen LogP contribution in [0.15, 0.2) is 59.3 Å². The number of benzene rings is 1. The van der Waals surface area contributed by atoms with Crippen molar-refractivity contribution in [2.24, 2.45) is 10.9 Å². The van der Waals surface area contributed by atoms with Crippen molar-refractivity contribution >= 4 is 5.71 Å². The minimum atomic E-state index is 0.255.